The van der Waals surface area contributed by atoms with Gasteiger partial charge in [-0.25, -0.2) is 4.98 Å². The van der Waals surface area contributed by atoms with Gasteiger partial charge < -0.3 is 0 Å². The predicted molar refractivity (Wildman–Crippen MR) is 77.6 cm³/mol. The molecule has 2 heterocycles. The van der Waals surface area contributed by atoms with Crippen molar-refractivity contribution in [2.75, 3.05) is 0 Å². The highest BCUT2D eigenvalue weighted by Crippen LogP contribution is 2.35. The lowest BCUT2D eigenvalue weighted by atomic mass is 10.2. The number of hydrogen-bond donors (Lipinski definition) is 1. The fraction of sp³-hybridized carbons (Fsp3) is 0.0769. The van der Waals surface area contributed by atoms with Gasteiger partial charge in [-0.3, -0.25) is 5.10 Å². The van der Waals surface area contributed by atoms with E-state index in [1.54, 1.807) is 11.3 Å². The summed E-state index contributed by atoms with van der Waals surface area (Å²) in [6, 6.07) is 10.2. The molecule has 0 bridgehead atoms. The first kappa shape index (κ1) is 11.6. The SMILES string of the molecule is Cc1[nH]nc(-c2cnc(-c3ccccc3)s2)c1Br. The van der Waals surface area contributed by atoms with E-state index in [1.165, 1.54) is 0 Å². The van der Waals surface area contributed by atoms with Gasteiger partial charge in [0.25, 0.3) is 0 Å². The molecule has 90 valence electrons. The third kappa shape index (κ3) is 2.00. The molecule has 18 heavy (non-hydrogen) atoms. The van der Waals surface area contributed by atoms with Crippen LogP contribution in [0.4, 0.5) is 0 Å². The summed E-state index contributed by atoms with van der Waals surface area (Å²) in [7, 11) is 0. The molecule has 0 saturated heterocycles. The van der Waals surface area contributed by atoms with Crippen molar-refractivity contribution in [3.8, 4) is 21.1 Å². The molecule has 0 saturated carbocycles. The highest BCUT2D eigenvalue weighted by Gasteiger charge is 2.13. The molecule has 0 radical (unpaired) electrons. The van der Waals surface area contributed by atoms with Gasteiger partial charge in [0, 0.05) is 17.5 Å². The van der Waals surface area contributed by atoms with Gasteiger partial charge >= 0.3 is 0 Å². The Kier molecular flexibility index (Phi) is 3.01. The Morgan fingerprint density at radius 2 is 2.00 bits per heavy atom. The van der Waals surface area contributed by atoms with Crippen LogP contribution in [-0.2, 0) is 0 Å². The van der Waals surface area contributed by atoms with E-state index < -0.39 is 0 Å². The Balaban J connectivity index is 2.02. The molecule has 0 aliphatic heterocycles. The minimum absolute atomic E-state index is 0.923. The maximum absolute atomic E-state index is 4.46. The van der Waals surface area contributed by atoms with E-state index in [2.05, 4.69) is 43.2 Å². The van der Waals surface area contributed by atoms with E-state index in [-0.39, 0.29) is 0 Å². The zero-order chi connectivity index (χ0) is 12.5. The summed E-state index contributed by atoms with van der Waals surface area (Å²) in [5, 5.41) is 8.27. The normalized spacial score (nSPS) is 10.8. The van der Waals surface area contributed by atoms with Crippen molar-refractivity contribution in [1.29, 1.82) is 0 Å². The zero-order valence-electron chi connectivity index (χ0n) is 9.64. The number of hydrogen-bond acceptors (Lipinski definition) is 3. The molecule has 3 nitrogen and oxygen atoms in total. The summed E-state index contributed by atoms with van der Waals surface area (Å²) >= 11 is 5.18. The van der Waals surface area contributed by atoms with Crippen molar-refractivity contribution in [2.45, 2.75) is 6.92 Å². The van der Waals surface area contributed by atoms with Crippen LogP contribution in [0.3, 0.4) is 0 Å². The van der Waals surface area contributed by atoms with Gasteiger partial charge in [-0.15, -0.1) is 11.3 Å². The number of rotatable bonds is 2. The lowest BCUT2D eigenvalue weighted by Gasteiger charge is -1.93. The Labute approximate surface area is 117 Å². The van der Waals surface area contributed by atoms with E-state index in [1.807, 2.05) is 31.3 Å². The molecule has 3 rings (SSSR count). The Hall–Kier alpha value is -1.46. The quantitative estimate of drug-likeness (QED) is 0.766. The average Bonchev–Trinajstić information content (AvgIpc) is 3.00. The summed E-state index contributed by atoms with van der Waals surface area (Å²) in [5.41, 5.74) is 3.09. The van der Waals surface area contributed by atoms with Crippen molar-refractivity contribution in [3.05, 3.63) is 46.7 Å². The van der Waals surface area contributed by atoms with Crippen molar-refractivity contribution in [2.24, 2.45) is 0 Å². The van der Waals surface area contributed by atoms with Gasteiger partial charge in [-0.1, -0.05) is 30.3 Å². The van der Waals surface area contributed by atoms with Crippen LogP contribution >= 0.6 is 27.3 Å². The van der Waals surface area contributed by atoms with Crippen LogP contribution < -0.4 is 0 Å². The number of benzene rings is 1. The summed E-state index contributed by atoms with van der Waals surface area (Å²) in [4.78, 5) is 5.52. The van der Waals surface area contributed by atoms with E-state index in [9.17, 15) is 0 Å². The third-order valence-corrected chi connectivity index (χ3v) is 4.66. The lowest BCUT2D eigenvalue weighted by Crippen LogP contribution is -1.71. The number of thiazole rings is 1. The molecular formula is C13H10BrN3S. The molecule has 0 atom stereocenters. The topological polar surface area (TPSA) is 41.6 Å². The molecule has 0 spiro atoms. The fourth-order valence-corrected chi connectivity index (χ4v) is 3.12. The highest BCUT2D eigenvalue weighted by atomic mass is 79.9. The summed E-state index contributed by atoms with van der Waals surface area (Å²) < 4.78 is 1.01. The number of aromatic nitrogens is 3. The first-order valence-corrected chi connectivity index (χ1v) is 7.09. The van der Waals surface area contributed by atoms with Crippen LogP contribution in [0, 0.1) is 6.92 Å². The van der Waals surface area contributed by atoms with Crippen molar-refractivity contribution >= 4 is 27.3 Å². The van der Waals surface area contributed by atoms with Gasteiger partial charge in [0.2, 0.25) is 0 Å². The minimum atomic E-state index is 0.923. The molecule has 0 aliphatic carbocycles. The first-order valence-electron chi connectivity index (χ1n) is 5.48. The predicted octanol–water partition coefficient (Wildman–Crippen LogP) is 4.27. The van der Waals surface area contributed by atoms with Crippen molar-refractivity contribution in [3.63, 3.8) is 0 Å². The Morgan fingerprint density at radius 3 is 2.67 bits per heavy atom. The van der Waals surface area contributed by atoms with E-state index in [0.717, 1.165) is 31.3 Å². The summed E-state index contributed by atoms with van der Waals surface area (Å²) in [6.45, 7) is 1.99. The largest absolute Gasteiger partial charge is 0.281 e. The van der Waals surface area contributed by atoms with Crippen LogP contribution in [0.25, 0.3) is 21.1 Å². The molecule has 2 aromatic heterocycles. The van der Waals surface area contributed by atoms with E-state index >= 15 is 0 Å². The molecule has 1 N–H and O–H groups in total. The molecule has 0 fully saturated rings. The van der Waals surface area contributed by atoms with Crippen LogP contribution in [0.1, 0.15) is 5.69 Å². The monoisotopic (exact) mass is 319 g/mol. The Morgan fingerprint density at radius 1 is 1.22 bits per heavy atom. The van der Waals surface area contributed by atoms with Crippen molar-refractivity contribution in [1.82, 2.24) is 15.2 Å². The van der Waals surface area contributed by atoms with Gasteiger partial charge in [0.1, 0.15) is 10.7 Å². The fourth-order valence-electron chi connectivity index (χ4n) is 1.68. The molecule has 0 unspecified atom stereocenters. The summed E-state index contributed by atoms with van der Waals surface area (Å²) in [6.07, 6.45) is 1.87. The molecule has 0 aliphatic rings. The maximum atomic E-state index is 4.46. The molecule has 3 aromatic rings. The highest BCUT2D eigenvalue weighted by molar-refractivity contribution is 9.10. The number of H-pyrrole nitrogens is 1. The number of nitrogens with one attached hydrogen (secondary N) is 1. The van der Waals surface area contributed by atoms with Gasteiger partial charge in [-0.05, 0) is 22.9 Å². The number of nitrogens with zero attached hydrogens (tertiary/aromatic N) is 2. The van der Waals surface area contributed by atoms with Gasteiger partial charge in [-0.2, -0.15) is 5.10 Å². The number of halogens is 1. The van der Waals surface area contributed by atoms with E-state index in [0.29, 0.717) is 0 Å². The molecule has 5 heteroatoms. The smallest absolute Gasteiger partial charge is 0.123 e. The average molecular weight is 320 g/mol. The minimum Gasteiger partial charge on any atom is -0.281 e. The second-order valence-corrected chi connectivity index (χ2v) is 5.73. The van der Waals surface area contributed by atoms with Crippen LogP contribution in [0.15, 0.2) is 41.0 Å². The van der Waals surface area contributed by atoms with E-state index in [4.69, 9.17) is 0 Å². The van der Waals surface area contributed by atoms with Crippen molar-refractivity contribution < 1.29 is 0 Å². The maximum Gasteiger partial charge on any atom is 0.123 e. The zero-order valence-corrected chi connectivity index (χ0v) is 12.0. The molecule has 0 amide bonds. The number of aryl methyl sites for hydroxylation is 1. The lowest BCUT2D eigenvalue weighted by molar-refractivity contribution is 1.05. The third-order valence-electron chi connectivity index (χ3n) is 2.63. The van der Waals surface area contributed by atoms with Gasteiger partial charge in [0.15, 0.2) is 0 Å². The number of aromatic amines is 1. The van der Waals surface area contributed by atoms with Crippen LogP contribution in [0.2, 0.25) is 0 Å². The summed E-state index contributed by atoms with van der Waals surface area (Å²) in [5.74, 6) is 0. The molecular weight excluding hydrogens is 310 g/mol. The van der Waals surface area contributed by atoms with Crippen LogP contribution in [0.5, 0.6) is 0 Å². The first-order chi connectivity index (χ1) is 8.75. The standard InChI is InChI=1S/C13H10BrN3S/c1-8-11(14)12(17-16-8)10-7-15-13(18-10)9-5-3-2-4-6-9/h2-7H,1H3,(H,16,17). The van der Waals surface area contributed by atoms with Gasteiger partial charge in [0.05, 0.1) is 9.35 Å². The molecule has 1 aromatic carbocycles. The Bertz CT molecular complexity index is 673. The van der Waals surface area contributed by atoms with Crippen LogP contribution in [-0.4, -0.2) is 15.2 Å². The second-order valence-electron chi connectivity index (χ2n) is 3.91. The second kappa shape index (κ2) is 4.66.